The molecule has 31 heavy (non-hydrogen) atoms. The number of rotatable bonds is 7. The van der Waals surface area contributed by atoms with E-state index >= 15 is 0 Å². The standard InChI is InChI=1S/C20H16N4O7/c1-10(25)16-11(2)31-18(13(16)9-21)22-15(26)7-4-8-23-19(27)12-5-3-6-14(24(29)30)17(12)20(23)28/h3,5-6H,4,7-8H2,1-2H3,(H,22,26). The van der Waals surface area contributed by atoms with E-state index in [1.54, 1.807) is 0 Å². The van der Waals surface area contributed by atoms with E-state index in [2.05, 4.69) is 5.32 Å². The number of aryl methyl sites for hydroxylation is 1. The van der Waals surface area contributed by atoms with Crippen molar-refractivity contribution in [2.24, 2.45) is 0 Å². The Balaban J connectivity index is 1.65. The number of hydrogen-bond acceptors (Lipinski definition) is 8. The van der Waals surface area contributed by atoms with Crippen LogP contribution in [0.4, 0.5) is 11.6 Å². The van der Waals surface area contributed by atoms with Gasteiger partial charge in [-0.25, -0.2) is 0 Å². The van der Waals surface area contributed by atoms with Crippen molar-refractivity contribution in [2.45, 2.75) is 26.7 Å². The SMILES string of the molecule is CC(=O)c1c(C)oc(NC(=O)CCCN2C(=O)c3cccc([N+](=O)[O-])c3C2=O)c1C#N. The van der Waals surface area contributed by atoms with Crippen LogP contribution in [0.2, 0.25) is 0 Å². The third-order valence-electron chi connectivity index (χ3n) is 4.76. The van der Waals surface area contributed by atoms with E-state index in [1.807, 2.05) is 6.07 Å². The lowest BCUT2D eigenvalue weighted by molar-refractivity contribution is -0.385. The van der Waals surface area contributed by atoms with Gasteiger partial charge in [-0.2, -0.15) is 5.26 Å². The summed E-state index contributed by atoms with van der Waals surface area (Å²) in [4.78, 5) is 60.1. The molecule has 0 spiro atoms. The Morgan fingerprint density at radius 3 is 2.61 bits per heavy atom. The second kappa shape index (κ2) is 8.19. The minimum Gasteiger partial charge on any atom is -0.443 e. The molecule has 0 aliphatic carbocycles. The van der Waals surface area contributed by atoms with E-state index < -0.39 is 28.3 Å². The number of ketones is 1. The summed E-state index contributed by atoms with van der Waals surface area (Å²) in [5.41, 5.74) is -0.750. The number of Topliss-reactive ketones (excluding diaryl/α,β-unsaturated/α-hetero) is 1. The van der Waals surface area contributed by atoms with E-state index in [9.17, 15) is 34.6 Å². The Morgan fingerprint density at radius 1 is 1.29 bits per heavy atom. The number of carbonyl (C=O) groups excluding carboxylic acids is 4. The Morgan fingerprint density at radius 2 is 2.00 bits per heavy atom. The summed E-state index contributed by atoms with van der Waals surface area (Å²) < 4.78 is 5.30. The van der Waals surface area contributed by atoms with Crippen LogP contribution < -0.4 is 5.32 Å². The van der Waals surface area contributed by atoms with Crippen molar-refractivity contribution in [2.75, 3.05) is 11.9 Å². The number of hydrogen-bond donors (Lipinski definition) is 1. The van der Waals surface area contributed by atoms with Crippen LogP contribution >= 0.6 is 0 Å². The molecular weight excluding hydrogens is 408 g/mol. The molecule has 0 radical (unpaired) electrons. The van der Waals surface area contributed by atoms with Gasteiger partial charge in [-0.05, 0) is 26.3 Å². The molecule has 0 fully saturated rings. The summed E-state index contributed by atoms with van der Waals surface area (Å²) in [6, 6.07) is 5.64. The van der Waals surface area contributed by atoms with Crippen LogP contribution in [0, 0.1) is 28.4 Å². The van der Waals surface area contributed by atoms with Crippen molar-refractivity contribution in [1.29, 1.82) is 5.26 Å². The highest BCUT2D eigenvalue weighted by Crippen LogP contribution is 2.31. The Kier molecular flexibility index (Phi) is 5.65. The predicted octanol–water partition coefficient (Wildman–Crippen LogP) is 2.59. The van der Waals surface area contributed by atoms with Crippen molar-refractivity contribution in [3.05, 3.63) is 56.3 Å². The summed E-state index contributed by atoms with van der Waals surface area (Å²) in [6.07, 6.45) is -0.0538. The van der Waals surface area contributed by atoms with E-state index in [1.165, 1.54) is 26.0 Å². The molecule has 11 nitrogen and oxygen atoms in total. The van der Waals surface area contributed by atoms with Gasteiger partial charge in [-0.3, -0.25) is 39.5 Å². The van der Waals surface area contributed by atoms with Gasteiger partial charge in [0.25, 0.3) is 17.5 Å². The molecule has 0 saturated heterocycles. The molecule has 3 amide bonds. The number of carbonyl (C=O) groups is 4. The van der Waals surface area contributed by atoms with E-state index in [0.717, 1.165) is 11.0 Å². The Bertz CT molecular complexity index is 1190. The van der Waals surface area contributed by atoms with Gasteiger partial charge < -0.3 is 4.42 Å². The monoisotopic (exact) mass is 424 g/mol. The lowest BCUT2D eigenvalue weighted by atomic mass is 10.1. The van der Waals surface area contributed by atoms with Gasteiger partial charge in [0.05, 0.1) is 16.1 Å². The maximum Gasteiger partial charge on any atom is 0.282 e. The first-order chi connectivity index (χ1) is 14.7. The average molecular weight is 424 g/mol. The number of anilines is 1. The van der Waals surface area contributed by atoms with Crippen LogP contribution in [0.1, 0.15) is 62.2 Å². The number of nitro groups is 1. The first-order valence-electron chi connectivity index (χ1n) is 9.15. The molecule has 1 aliphatic rings. The smallest absolute Gasteiger partial charge is 0.282 e. The van der Waals surface area contributed by atoms with Crippen molar-refractivity contribution in [3.63, 3.8) is 0 Å². The quantitative estimate of drug-likeness (QED) is 0.307. The maximum atomic E-state index is 12.5. The fourth-order valence-electron chi connectivity index (χ4n) is 3.42. The van der Waals surface area contributed by atoms with Crippen molar-refractivity contribution >= 4 is 35.1 Å². The van der Waals surface area contributed by atoms with Gasteiger partial charge >= 0.3 is 0 Å². The van der Waals surface area contributed by atoms with Gasteiger partial charge in [-0.1, -0.05) is 6.07 Å². The molecule has 11 heteroatoms. The van der Waals surface area contributed by atoms with Gasteiger partial charge in [0.2, 0.25) is 11.8 Å². The van der Waals surface area contributed by atoms with Gasteiger partial charge in [0.1, 0.15) is 23.0 Å². The summed E-state index contributed by atoms with van der Waals surface area (Å²) in [5.74, 6) is -2.32. The molecule has 1 aromatic carbocycles. The molecule has 2 aromatic rings. The highest BCUT2D eigenvalue weighted by Gasteiger charge is 2.40. The molecule has 0 atom stereocenters. The van der Waals surface area contributed by atoms with Crippen LogP contribution in [-0.4, -0.2) is 39.9 Å². The second-order valence-electron chi connectivity index (χ2n) is 6.78. The third-order valence-corrected chi connectivity index (χ3v) is 4.76. The third kappa shape index (κ3) is 3.78. The van der Waals surface area contributed by atoms with Crippen LogP contribution in [0.25, 0.3) is 0 Å². The number of nitrogens with zero attached hydrogens (tertiary/aromatic N) is 3. The molecule has 158 valence electrons. The molecule has 2 heterocycles. The summed E-state index contributed by atoms with van der Waals surface area (Å²) in [6.45, 7) is 2.64. The fourth-order valence-corrected chi connectivity index (χ4v) is 3.42. The molecule has 0 bridgehead atoms. The van der Waals surface area contributed by atoms with Gasteiger partial charge in [-0.15, -0.1) is 0 Å². The molecule has 3 rings (SSSR count). The lowest BCUT2D eigenvalue weighted by Gasteiger charge is -2.13. The van der Waals surface area contributed by atoms with Crippen molar-refractivity contribution in [1.82, 2.24) is 4.90 Å². The number of nitro benzene ring substituents is 1. The molecule has 0 unspecified atom stereocenters. The number of imide groups is 1. The molecule has 1 aliphatic heterocycles. The zero-order valence-corrected chi connectivity index (χ0v) is 16.6. The van der Waals surface area contributed by atoms with Crippen LogP contribution in [0.3, 0.4) is 0 Å². The zero-order chi connectivity index (χ0) is 22.9. The van der Waals surface area contributed by atoms with Crippen molar-refractivity contribution < 1.29 is 28.5 Å². The number of fused-ring (bicyclic) bond motifs is 1. The molecule has 1 N–H and O–H groups in total. The van der Waals surface area contributed by atoms with Crippen molar-refractivity contribution in [3.8, 4) is 6.07 Å². The minimum atomic E-state index is -0.785. The summed E-state index contributed by atoms with van der Waals surface area (Å²) in [5, 5.41) is 22.8. The Labute approximate surface area is 175 Å². The lowest BCUT2D eigenvalue weighted by Crippen LogP contribution is -2.31. The predicted molar refractivity (Wildman–Crippen MR) is 104 cm³/mol. The van der Waals surface area contributed by atoms with Crippen LogP contribution in [-0.2, 0) is 4.79 Å². The van der Waals surface area contributed by atoms with Crippen LogP contribution in [0.5, 0.6) is 0 Å². The number of furan rings is 1. The topological polar surface area (TPSA) is 164 Å². The number of nitriles is 1. The maximum absolute atomic E-state index is 12.5. The molecule has 0 saturated carbocycles. The number of nitrogens with one attached hydrogen (secondary N) is 1. The number of benzene rings is 1. The largest absolute Gasteiger partial charge is 0.443 e. The highest BCUT2D eigenvalue weighted by molar-refractivity contribution is 6.23. The zero-order valence-electron chi connectivity index (χ0n) is 16.6. The molecular formula is C20H16N4O7. The normalized spacial score (nSPS) is 12.5. The second-order valence-corrected chi connectivity index (χ2v) is 6.78. The Hall–Kier alpha value is -4.33. The summed E-state index contributed by atoms with van der Waals surface area (Å²) >= 11 is 0. The van der Waals surface area contributed by atoms with E-state index in [4.69, 9.17) is 4.42 Å². The number of amides is 3. The summed E-state index contributed by atoms with van der Waals surface area (Å²) in [7, 11) is 0. The van der Waals surface area contributed by atoms with Gasteiger partial charge in [0, 0.05) is 19.0 Å². The van der Waals surface area contributed by atoms with Gasteiger partial charge in [0.15, 0.2) is 5.78 Å². The first-order valence-corrected chi connectivity index (χ1v) is 9.15. The highest BCUT2D eigenvalue weighted by atomic mass is 16.6. The van der Waals surface area contributed by atoms with Crippen LogP contribution in [0.15, 0.2) is 22.6 Å². The first kappa shape index (κ1) is 21.4. The fraction of sp³-hybridized carbons (Fsp3) is 0.250. The van der Waals surface area contributed by atoms with E-state index in [-0.39, 0.29) is 59.1 Å². The molecule has 1 aromatic heterocycles. The minimum absolute atomic E-state index is 0.0508. The average Bonchev–Trinajstić information content (AvgIpc) is 3.16. The van der Waals surface area contributed by atoms with E-state index in [0.29, 0.717) is 0 Å².